The van der Waals surface area contributed by atoms with Gasteiger partial charge in [-0.3, -0.25) is 19.2 Å². The second-order valence-corrected chi connectivity index (χ2v) is 13.0. The third kappa shape index (κ3) is 9.43. The topological polar surface area (TPSA) is 240 Å². The van der Waals surface area contributed by atoms with E-state index in [0.29, 0.717) is 54.4 Å². The summed E-state index contributed by atoms with van der Waals surface area (Å²) in [6, 6.07) is 6.40. The molecule has 4 rings (SSSR count). The van der Waals surface area contributed by atoms with E-state index in [-0.39, 0.29) is 34.8 Å². The molecule has 0 saturated heterocycles. The number of nitrogens with one attached hydrogen (secondary N) is 5. The number of amides is 2. The highest BCUT2D eigenvalue weighted by atomic mass is 32.2. The maximum atomic E-state index is 13.4. The minimum Gasteiger partial charge on any atom is -0.494 e. The Hall–Kier alpha value is -5.26. The molecule has 17 heteroatoms. The van der Waals surface area contributed by atoms with Crippen LogP contribution < -0.4 is 36.6 Å². The van der Waals surface area contributed by atoms with Gasteiger partial charge >= 0.3 is 5.97 Å². The number of carbonyl (C=O) groups is 3. The van der Waals surface area contributed by atoms with Gasteiger partial charge in [-0.25, -0.2) is 13.4 Å². The van der Waals surface area contributed by atoms with Gasteiger partial charge in [0, 0.05) is 63.6 Å². The molecule has 8 N–H and O–H groups in total. The highest BCUT2D eigenvalue weighted by Gasteiger charge is 2.29. The van der Waals surface area contributed by atoms with Crippen LogP contribution in [0.4, 0.5) is 5.95 Å². The Morgan fingerprint density at radius 1 is 1.12 bits per heavy atom. The number of H-pyrrole nitrogens is 1. The number of nitrogens with two attached hydrogens (primary N) is 1. The number of carbonyl (C=O) groups excluding carboxylic acids is 2. The zero-order chi connectivity index (χ0) is 35.7. The Bertz CT molecular complexity index is 1970. The highest BCUT2D eigenvalue weighted by molar-refractivity contribution is 7.89. The fourth-order valence-corrected chi connectivity index (χ4v) is 6.85. The molecular weight excluding hydrogens is 656 g/mol. The van der Waals surface area contributed by atoms with Gasteiger partial charge < -0.3 is 41.1 Å². The van der Waals surface area contributed by atoms with Crippen molar-refractivity contribution in [1.29, 1.82) is 0 Å². The standard InChI is InChI=1S/C32H40N8O8S/c1-19-13-22(48-12-4-5-27(41)34-9-8-33)14-20(2)29(19)49(46,47)39-25(31(44)45)17-37-30(43)24-18-40(3)26-15-21(6-7-23(26)28(24)42)16-38-32-35-10-11-36-32/h6-7,10-11,13-15,18,25,39H,4-5,8-9,12,16-17,33H2,1-3H3,(H,34,41)(H,37,43)(H,44,45)(H2,35,36,38)/t25-/m0/s1. The molecule has 262 valence electrons. The van der Waals surface area contributed by atoms with Crippen LogP contribution in [0, 0.1) is 13.8 Å². The smallest absolute Gasteiger partial charge is 0.323 e. The number of aromatic amines is 1. The Kier molecular flexibility index (Phi) is 12.1. The largest absolute Gasteiger partial charge is 0.494 e. The number of ether oxygens (including phenoxy) is 1. The number of nitrogens with zero attached hydrogens (tertiary/aromatic N) is 2. The minimum atomic E-state index is -4.39. The number of anilines is 1. The second-order valence-electron chi connectivity index (χ2n) is 11.3. The lowest BCUT2D eigenvalue weighted by atomic mass is 10.1. The summed E-state index contributed by atoms with van der Waals surface area (Å²) in [7, 11) is -2.72. The van der Waals surface area contributed by atoms with E-state index in [1.807, 2.05) is 0 Å². The first-order valence-corrected chi connectivity index (χ1v) is 16.9. The number of imidazole rings is 1. The number of aliphatic carboxylic acids is 1. The first kappa shape index (κ1) is 36.6. The van der Waals surface area contributed by atoms with E-state index in [1.54, 1.807) is 56.1 Å². The van der Waals surface area contributed by atoms with Crippen molar-refractivity contribution in [3.05, 3.63) is 81.4 Å². The van der Waals surface area contributed by atoms with Crippen molar-refractivity contribution in [2.24, 2.45) is 12.8 Å². The van der Waals surface area contributed by atoms with E-state index >= 15 is 0 Å². The molecule has 0 saturated carbocycles. The molecule has 4 aromatic rings. The number of hydrogen-bond donors (Lipinski definition) is 7. The molecule has 2 aromatic carbocycles. The number of aromatic nitrogens is 3. The molecule has 16 nitrogen and oxygen atoms in total. The Morgan fingerprint density at radius 3 is 2.51 bits per heavy atom. The van der Waals surface area contributed by atoms with Crippen molar-refractivity contribution < 1.29 is 32.6 Å². The zero-order valence-corrected chi connectivity index (χ0v) is 28.1. The molecule has 0 aliphatic heterocycles. The van der Waals surface area contributed by atoms with Crippen molar-refractivity contribution in [2.75, 3.05) is 31.6 Å². The molecule has 0 aliphatic carbocycles. The fraction of sp³-hybridized carbons (Fsp3) is 0.344. The van der Waals surface area contributed by atoms with E-state index in [4.69, 9.17) is 10.5 Å². The summed E-state index contributed by atoms with van der Waals surface area (Å²) in [6.07, 6.45) is 5.31. The van der Waals surface area contributed by atoms with Gasteiger partial charge in [0.15, 0.2) is 5.95 Å². The molecule has 2 aromatic heterocycles. The van der Waals surface area contributed by atoms with Crippen LogP contribution >= 0.6 is 0 Å². The number of sulfonamides is 1. The predicted molar refractivity (Wildman–Crippen MR) is 182 cm³/mol. The molecule has 0 unspecified atom stereocenters. The van der Waals surface area contributed by atoms with Crippen LogP contribution in [-0.4, -0.2) is 78.1 Å². The summed E-state index contributed by atoms with van der Waals surface area (Å²) < 4.78 is 36.2. The fourth-order valence-electron chi connectivity index (χ4n) is 5.20. The molecule has 0 fully saturated rings. The van der Waals surface area contributed by atoms with Crippen molar-refractivity contribution in [2.45, 2.75) is 44.2 Å². The average Bonchev–Trinajstić information content (AvgIpc) is 3.58. The quantitative estimate of drug-likeness (QED) is 0.0765. The lowest BCUT2D eigenvalue weighted by Gasteiger charge is -2.19. The van der Waals surface area contributed by atoms with Crippen molar-refractivity contribution in [1.82, 2.24) is 29.9 Å². The number of pyridine rings is 1. The van der Waals surface area contributed by atoms with Crippen LogP contribution in [0.25, 0.3) is 10.9 Å². The lowest BCUT2D eigenvalue weighted by molar-refractivity contribution is -0.138. The summed E-state index contributed by atoms with van der Waals surface area (Å²) in [5, 5.41) is 18.3. The SMILES string of the molecule is Cc1cc(OCCCC(=O)NCCN)cc(C)c1S(=O)(=O)N[C@@H](CNC(=O)c1cn(C)c2cc(CNc3ncc[nH]3)ccc2c1=O)C(=O)O. The van der Waals surface area contributed by atoms with E-state index in [2.05, 4.69) is 30.6 Å². The normalized spacial score (nSPS) is 12.0. The number of benzene rings is 2. The number of fused-ring (bicyclic) bond motifs is 1. The number of aryl methyl sites for hydroxylation is 3. The molecule has 2 heterocycles. The summed E-state index contributed by atoms with van der Waals surface area (Å²) in [5.41, 5.74) is 6.61. The summed E-state index contributed by atoms with van der Waals surface area (Å²) in [6.45, 7) is 3.82. The first-order chi connectivity index (χ1) is 23.3. The van der Waals surface area contributed by atoms with Gasteiger partial charge in [-0.15, -0.1) is 0 Å². The van der Waals surface area contributed by atoms with Crippen molar-refractivity contribution in [3.8, 4) is 5.75 Å². The Balaban J connectivity index is 1.41. The minimum absolute atomic E-state index is 0.138. The van der Waals surface area contributed by atoms with Gasteiger partial charge in [-0.1, -0.05) is 6.07 Å². The maximum absolute atomic E-state index is 13.4. The average molecular weight is 697 g/mol. The number of carboxylic acid groups (broad SMARTS) is 1. The monoisotopic (exact) mass is 696 g/mol. The molecule has 2 amide bonds. The molecule has 0 bridgehead atoms. The molecule has 49 heavy (non-hydrogen) atoms. The van der Waals surface area contributed by atoms with Gasteiger partial charge in [0.1, 0.15) is 17.4 Å². The highest BCUT2D eigenvalue weighted by Crippen LogP contribution is 2.26. The van der Waals surface area contributed by atoms with Crippen LogP contribution in [0.15, 0.2) is 58.6 Å². The van der Waals surface area contributed by atoms with E-state index in [1.165, 1.54) is 18.3 Å². The second kappa shape index (κ2) is 16.2. The maximum Gasteiger partial charge on any atom is 0.323 e. The molecule has 0 radical (unpaired) electrons. The van der Waals surface area contributed by atoms with Gasteiger partial charge in [-0.2, -0.15) is 4.72 Å². The van der Waals surface area contributed by atoms with Crippen LogP contribution in [0.1, 0.15) is 39.9 Å². The lowest BCUT2D eigenvalue weighted by Crippen LogP contribution is -2.49. The van der Waals surface area contributed by atoms with Gasteiger partial charge in [-0.05, 0) is 61.2 Å². The van der Waals surface area contributed by atoms with Crippen LogP contribution in [-0.2, 0) is 33.2 Å². The summed E-state index contributed by atoms with van der Waals surface area (Å²) in [5.74, 6) is -1.57. The van der Waals surface area contributed by atoms with Crippen molar-refractivity contribution >= 4 is 44.7 Å². The number of carboxylic acids is 1. The van der Waals surface area contributed by atoms with Gasteiger partial charge in [0.2, 0.25) is 21.4 Å². The molecular formula is C32H40N8O8S. The first-order valence-electron chi connectivity index (χ1n) is 15.4. The van der Waals surface area contributed by atoms with Crippen LogP contribution in [0.5, 0.6) is 5.75 Å². The molecule has 0 aliphatic rings. The third-order valence-electron chi connectivity index (χ3n) is 7.51. The number of rotatable bonds is 17. The molecule has 1 atom stereocenters. The van der Waals surface area contributed by atoms with Crippen molar-refractivity contribution in [3.63, 3.8) is 0 Å². The van der Waals surface area contributed by atoms with Crippen LogP contribution in [0.3, 0.4) is 0 Å². The van der Waals surface area contributed by atoms with Gasteiger partial charge in [0.05, 0.1) is 17.0 Å². The zero-order valence-electron chi connectivity index (χ0n) is 27.3. The third-order valence-corrected chi connectivity index (χ3v) is 9.28. The van der Waals surface area contributed by atoms with E-state index in [9.17, 15) is 32.7 Å². The Morgan fingerprint density at radius 2 is 1.86 bits per heavy atom. The summed E-state index contributed by atoms with van der Waals surface area (Å²) in [4.78, 5) is 57.1. The molecule has 0 spiro atoms. The van der Waals surface area contributed by atoms with Crippen LogP contribution in [0.2, 0.25) is 0 Å². The Labute approximate surface area is 282 Å². The predicted octanol–water partition coefficient (Wildman–Crippen LogP) is 0.886. The van der Waals surface area contributed by atoms with E-state index < -0.39 is 39.9 Å². The number of hydrogen-bond acceptors (Lipinski definition) is 10. The summed E-state index contributed by atoms with van der Waals surface area (Å²) >= 11 is 0. The van der Waals surface area contributed by atoms with Gasteiger partial charge in [0.25, 0.3) is 5.91 Å². The van der Waals surface area contributed by atoms with E-state index in [0.717, 1.165) is 5.56 Å².